The maximum Gasteiger partial charge on any atom is 0.220 e. The maximum atomic E-state index is 11.4. The molecule has 1 unspecified atom stereocenters. The van der Waals surface area contributed by atoms with Gasteiger partial charge in [0.15, 0.2) is 0 Å². The summed E-state index contributed by atoms with van der Waals surface area (Å²) in [5.74, 6) is 0.740. The molecule has 0 aliphatic heterocycles. The first kappa shape index (κ1) is 14.4. The van der Waals surface area contributed by atoms with Crippen molar-refractivity contribution in [2.45, 2.75) is 52.4 Å². The summed E-state index contributed by atoms with van der Waals surface area (Å²) in [7, 11) is 0. The summed E-state index contributed by atoms with van der Waals surface area (Å²) in [6.07, 6.45) is 6.09. The Hall–Kier alpha value is -0.570. The van der Waals surface area contributed by atoms with Crippen LogP contribution in [0.1, 0.15) is 52.4 Å². The van der Waals surface area contributed by atoms with E-state index in [9.17, 15) is 4.79 Å². The lowest BCUT2D eigenvalue weighted by molar-refractivity contribution is -0.121. The molecule has 0 spiro atoms. The van der Waals surface area contributed by atoms with Crippen molar-refractivity contribution in [1.82, 2.24) is 5.32 Å². The molecule has 0 heterocycles. The average molecular weight is 214 g/mol. The van der Waals surface area contributed by atoms with Gasteiger partial charge in [-0.15, -0.1) is 0 Å². The second-order valence-electron chi connectivity index (χ2n) is 4.11. The number of carbonyl (C=O) groups is 1. The molecule has 0 saturated heterocycles. The average Bonchev–Trinajstić information content (AvgIpc) is 2.24. The SMILES string of the molecule is CCCCCC(=O)NCC(CC)CCN. The number of hydrogen-bond acceptors (Lipinski definition) is 2. The standard InChI is InChI=1S/C12H26N2O/c1-3-5-6-7-12(15)14-10-11(4-2)8-9-13/h11H,3-10,13H2,1-2H3,(H,14,15). The van der Waals surface area contributed by atoms with Crippen molar-refractivity contribution in [2.75, 3.05) is 13.1 Å². The van der Waals surface area contributed by atoms with Crippen LogP contribution >= 0.6 is 0 Å². The number of hydrogen-bond donors (Lipinski definition) is 2. The normalized spacial score (nSPS) is 12.5. The van der Waals surface area contributed by atoms with Crippen LogP contribution in [-0.4, -0.2) is 19.0 Å². The molecule has 1 atom stereocenters. The lowest BCUT2D eigenvalue weighted by atomic mass is 10.0. The monoisotopic (exact) mass is 214 g/mol. The van der Waals surface area contributed by atoms with Gasteiger partial charge in [0.1, 0.15) is 0 Å². The van der Waals surface area contributed by atoms with E-state index in [0.29, 0.717) is 18.9 Å². The van der Waals surface area contributed by atoms with E-state index in [2.05, 4.69) is 19.2 Å². The number of amides is 1. The minimum Gasteiger partial charge on any atom is -0.356 e. The molecule has 0 aromatic rings. The highest BCUT2D eigenvalue weighted by atomic mass is 16.1. The van der Waals surface area contributed by atoms with Gasteiger partial charge in [-0.1, -0.05) is 33.1 Å². The molecule has 0 fully saturated rings. The Morgan fingerprint density at radius 1 is 1.33 bits per heavy atom. The zero-order valence-corrected chi connectivity index (χ0v) is 10.2. The fourth-order valence-corrected chi connectivity index (χ4v) is 1.57. The van der Waals surface area contributed by atoms with Crippen LogP contribution in [0, 0.1) is 5.92 Å². The third-order valence-corrected chi connectivity index (χ3v) is 2.75. The smallest absolute Gasteiger partial charge is 0.220 e. The van der Waals surface area contributed by atoms with E-state index < -0.39 is 0 Å². The molecule has 0 radical (unpaired) electrons. The lowest BCUT2D eigenvalue weighted by Gasteiger charge is -2.14. The van der Waals surface area contributed by atoms with E-state index in [1.165, 1.54) is 0 Å². The summed E-state index contributed by atoms with van der Waals surface area (Å²) < 4.78 is 0. The van der Waals surface area contributed by atoms with Crippen LogP contribution in [0.3, 0.4) is 0 Å². The van der Waals surface area contributed by atoms with Crippen LogP contribution in [0.2, 0.25) is 0 Å². The molecule has 3 nitrogen and oxygen atoms in total. The Kier molecular flexibility index (Phi) is 9.59. The minimum absolute atomic E-state index is 0.193. The molecule has 15 heavy (non-hydrogen) atoms. The molecule has 0 rings (SSSR count). The summed E-state index contributed by atoms with van der Waals surface area (Å²) in [4.78, 5) is 11.4. The molecular formula is C12H26N2O. The van der Waals surface area contributed by atoms with Crippen molar-refractivity contribution in [3.63, 3.8) is 0 Å². The summed E-state index contributed by atoms with van der Waals surface area (Å²) in [6, 6.07) is 0. The van der Waals surface area contributed by atoms with Crippen molar-refractivity contribution in [3.8, 4) is 0 Å². The van der Waals surface area contributed by atoms with Gasteiger partial charge >= 0.3 is 0 Å². The molecule has 0 saturated carbocycles. The summed E-state index contributed by atoms with van der Waals surface area (Å²) in [6.45, 7) is 5.79. The summed E-state index contributed by atoms with van der Waals surface area (Å²) in [5.41, 5.74) is 5.50. The van der Waals surface area contributed by atoms with Gasteiger partial charge in [0.2, 0.25) is 5.91 Å². The van der Waals surface area contributed by atoms with Crippen LogP contribution in [0.5, 0.6) is 0 Å². The van der Waals surface area contributed by atoms with E-state index >= 15 is 0 Å². The van der Waals surface area contributed by atoms with Crippen LogP contribution in [-0.2, 0) is 4.79 Å². The Morgan fingerprint density at radius 2 is 2.07 bits per heavy atom. The van der Waals surface area contributed by atoms with Crippen LogP contribution in [0.25, 0.3) is 0 Å². The first-order chi connectivity index (χ1) is 7.24. The Balaban J connectivity index is 3.50. The van der Waals surface area contributed by atoms with Gasteiger partial charge < -0.3 is 11.1 Å². The van der Waals surface area contributed by atoms with Crippen molar-refractivity contribution < 1.29 is 4.79 Å². The van der Waals surface area contributed by atoms with Gasteiger partial charge in [-0.3, -0.25) is 4.79 Å². The number of nitrogens with one attached hydrogen (secondary N) is 1. The predicted octanol–water partition coefficient (Wildman–Crippen LogP) is 2.06. The molecule has 0 aliphatic carbocycles. The lowest BCUT2D eigenvalue weighted by Crippen LogP contribution is -2.29. The highest BCUT2D eigenvalue weighted by Gasteiger charge is 2.07. The number of carbonyl (C=O) groups excluding carboxylic acids is 1. The van der Waals surface area contributed by atoms with Crippen LogP contribution in [0.15, 0.2) is 0 Å². The van der Waals surface area contributed by atoms with Gasteiger partial charge in [-0.05, 0) is 25.3 Å². The van der Waals surface area contributed by atoms with Gasteiger partial charge in [-0.2, -0.15) is 0 Å². The summed E-state index contributed by atoms with van der Waals surface area (Å²) >= 11 is 0. The number of rotatable bonds is 9. The number of unbranched alkanes of at least 4 members (excludes halogenated alkanes) is 2. The predicted molar refractivity (Wildman–Crippen MR) is 64.6 cm³/mol. The van der Waals surface area contributed by atoms with Gasteiger partial charge in [0.25, 0.3) is 0 Å². The van der Waals surface area contributed by atoms with Crippen molar-refractivity contribution in [1.29, 1.82) is 0 Å². The van der Waals surface area contributed by atoms with Crippen molar-refractivity contribution in [3.05, 3.63) is 0 Å². The molecular weight excluding hydrogens is 188 g/mol. The van der Waals surface area contributed by atoms with Crippen LogP contribution < -0.4 is 11.1 Å². The van der Waals surface area contributed by atoms with Crippen molar-refractivity contribution >= 4 is 5.91 Å². The minimum atomic E-state index is 0.193. The van der Waals surface area contributed by atoms with Crippen LogP contribution in [0.4, 0.5) is 0 Å². The van der Waals surface area contributed by atoms with Crippen molar-refractivity contribution in [2.24, 2.45) is 11.7 Å². The topological polar surface area (TPSA) is 55.1 Å². The third kappa shape index (κ3) is 8.43. The Labute approximate surface area is 93.8 Å². The molecule has 0 bridgehead atoms. The molecule has 1 amide bonds. The highest BCUT2D eigenvalue weighted by Crippen LogP contribution is 2.05. The Bertz CT molecular complexity index is 160. The maximum absolute atomic E-state index is 11.4. The van der Waals surface area contributed by atoms with E-state index in [1.54, 1.807) is 0 Å². The van der Waals surface area contributed by atoms with E-state index in [1.807, 2.05) is 0 Å². The highest BCUT2D eigenvalue weighted by molar-refractivity contribution is 5.75. The number of nitrogens with two attached hydrogens (primary N) is 1. The van der Waals surface area contributed by atoms with E-state index in [4.69, 9.17) is 5.73 Å². The molecule has 0 aliphatic rings. The van der Waals surface area contributed by atoms with Gasteiger partial charge in [0, 0.05) is 13.0 Å². The summed E-state index contributed by atoms with van der Waals surface area (Å²) in [5, 5.41) is 2.98. The molecule has 90 valence electrons. The zero-order chi connectivity index (χ0) is 11.5. The molecule has 0 aromatic heterocycles. The van der Waals surface area contributed by atoms with E-state index in [0.717, 1.165) is 38.6 Å². The first-order valence-electron chi connectivity index (χ1n) is 6.21. The molecule has 3 heteroatoms. The largest absolute Gasteiger partial charge is 0.356 e. The van der Waals surface area contributed by atoms with Gasteiger partial charge in [0.05, 0.1) is 0 Å². The second kappa shape index (κ2) is 9.97. The fraction of sp³-hybridized carbons (Fsp3) is 0.917. The second-order valence-corrected chi connectivity index (χ2v) is 4.11. The molecule has 3 N–H and O–H groups in total. The third-order valence-electron chi connectivity index (χ3n) is 2.75. The fourth-order valence-electron chi connectivity index (χ4n) is 1.57. The Morgan fingerprint density at radius 3 is 2.60 bits per heavy atom. The quantitative estimate of drug-likeness (QED) is 0.577. The molecule has 0 aromatic carbocycles. The zero-order valence-electron chi connectivity index (χ0n) is 10.2. The van der Waals surface area contributed by atoms with Gasteiger partial charge in [-0.25, -0.2) is 0 Å². The van der Waals surface area contributed by atoms with E-state index in [-0.39, 0.29) is 5.91 Å². The first-order valence-corrected chi connectivity index (χ1v) is 6.21.